The molecule has 16 aromatic carbocycles. The maximum atomic E-state index is 2.38. The smallest absolute Gasteiger partial charge is 0.0540 e. The van der Waals surface area contributed by atoms with Crippen LogP contribution in [-0.4, -0.2) is 0 Å². The second-order valence-electron chi connectivity index (χ2n) is 27.2. The molecule has 1 unspecified atom stereocenters. The first-order valence-corrected chi connectivity index (χ1v) is 36.9. The van der Waals surface area contributed by atoms with E-state index in [9.17, 15) is 0 Å². The maximum absolute atomic E-state index is 2.38. The van der Waals surface area contributed by atoms with Crippen LogP contribution in [-0.2, 0) is 0 Å². The molecule has 516 valence electrons. The van der Waals surface area contributed by atoms with Gasteiger partial charge in [0.15, 0.2) is 0 Å². The number of hydrogen-bond acceptors (Lipinski definition) is 6. The minimum absolute atomic E-state index is 0.472. The summed E-state index contributed by atoms with van der Waals surface area (Å²) >= 11 is 0. The van der Waals surface area contributed by atoms with Gasteiger partial charge in [-0.05, 0) is 259 Å². The van der Waals surface area contributed by atoms with E-state index in [0.717, 1.165) is 103 Å². The van der Waals surface area contributed by atoms with Crippen molar-refractivity contribution < 1.29 is 0 Å². The molecule has 6 heteroatoms. The lowest BCUT2D eigenvalue weighted by atomic mass is 10.00. The zero-order valence-corrected chi connectivity index (χ0v) is 60.4. The van der Waals surface area contributed by atoms with Gasteiger partial charge in [0.2, 0.25) is 0 Å². The number of hydrogen-bond donors (Lipinski definition) is 0. The van der Waals surface area contributed by atoms with Crippen molar-refractivity contribution in [3.63, 3.8) is 0 Å². The number of aryl methyl sites for hydroxylation is 2. The summed E-state index contributed by atoms with van der Waals surface area (Å²) in [6.45, 7) is 6.57. The van der Waals surface area contributed by atoms with E-state index in [2.05, 4.69) is 475 Å². The molecule has 0 heterocycles. The second-order valence-corrected chi connectivity index (χ2v) is 27.2. The van der Waals surface area contributed by atoms with Gasteiger partial charge >= 0.3 is 0 Å². The molecule has 0 aromatic heterocycles. The van der Waals surface area contributed by atoms with Crippen LogP contribution in [0.4, 0.5) is 96.7 Å². The predicted molar refractivity (Wildman–Crippen MR) is 456 cm³/mol. The Bertz CT molecular complexity index is 5390. The van der Waals surface area contributed by atoms with Crippen LogP contribution in [0.3, 0.4) is 0 Å². The highest BCUT2D eigenvalue weighted by Gasteiger charge is 2.23. The Labute approximate surface area is 629 Å². The first-order valence-electron chi connectivity index (χ1n) is 36.9. The molecule has 0 spiro atoms. The van der Waals surface area contributed by atoms with E-state index in [0.29, 0.717) is 5.92 Å². The summed E-state index contributed by atoms with van der Waals surface area (Å²) in [5.74, 6) is 0.472. The summed E-state index contributed by atoms with van der Waals surface area (Å²) < 4.78 is 0. The van der Waals surface area contributed by atoms with Gasteiger partial charge in [-0.25, -0.2) is 0 Å². The lowest BCUT2D eigenvalue weighted by Crippen LogP contribution is -2.18. The quantitative estimate of drug-likeness (QED) is 0.0798. The van der Waals surface area contributed by atoms with Crippen molar-refractivity contribution in [3.05, 3.63) is 441 Å². The van der Waals surface area contributed by atoms with Gasteiger partial charge in [0.25, 0.3) is 0 Å². The van der Waals surface area contributed by atoms with Gasteiger partial charge in [0.05, 0.1) is 11.4 Å². The van der Waals surface area contributed by atoms with Crippen LogP contribution in [0.1, 0.15) is 24.5 Å². The molecule has 6 nitrogen and oxygen atoms in total. The first kappa shape index (κ1) is 67.8. The molecule has 0 bridgehead atoms. The fraction of sp³-hybridized carbons (Fsp3) is 0.0495. The van der Waals surface area contributed by atoms with Crippen molar-refractivity contribution in [2.75, 3.05) is 29.4 Å². The summed E-state index contributed by atoms with van der Waals surface area (Å²) in [6, 6.07) is 145. The molecular weight excluding hydrogens is 1300 g/mol. The van der Waals surface area contributed by atoms with Crippen LogP contribution in [0, 0.1) is 19.8 Å². The lowest BCUT2D eigenvalue weighted by Gasteiger charge is -2.31. The van der Waals surface area contributed by atoms with Crippen LogP contribution in [0.5, 0.6) is 0 Å². The number of fused-ring (bicyclic) bond motifs is 2. The van der Waals surface area contributed by atoms with Crippen molar-refractivity contribution in [3.8, 4) is 11.1 Å². The number of nitrogens with zero attached hydrogens (tertiary/aromatic N) is 6. The van der Waals surface area contributed by atoms with E-state index < -0.39 is 0 Å². The minimum atomic E-state index is 0.472. The summed E-state index contributed by atoms with van der Waals surface area (Å²) in [7, 11) is 0. The van der Waals surface area contributed by atoms with Crippen molar-refractivity contribution in [2.45, 2.75) is 27.2 Å². The van der Waals surface area contributed by atoms with Crippen molar-refractivity contribution in [1.29, 1.82) is 0 Å². The largest absolute Gasteiger partial charge is 0.311 e. The zero-order valence-electron chi connectivity index (χ0n) is 60.4. The molecule has 0 saturated heterocycles. The second kappa shape index (κ2) is 31.5. The number of para-hydroxylation sites is 5. The maximum Gasteiger partial charge on any atom is 0.0540 e. The molecule has 1 atom stereocenters. The van der Waals surface area contributed by atoms with E-state index in [1.807, 2.05) is 0 Å². The Kier molecular flexibility index (Phi) is 20.0. The van der Waals surface area contributed by atoms with Gasteiger partial charge in [-0.1, -0.05) is 231 Å². The number of benzene rings is 16. The first-order chi connectivity index (χ1) is 52.8. The molecule has 1 aliphatic rings. The Morgan fingerprint density at radius 3 is 0.822 bits per heavy atom. The van der Waals surface area contributed by atoms with E-state index in [1.54, 1.807) is 0 Å². The normalized spacial score (nSPS) is 12.3. The van der Waals surface area contributed by atoms with Gasteiger partial charge in [-0.2, -0.15) is 0 Å². The van der Waals surface area contributed by atoms with E-state index >= 15 is 0 Å². The van der Waals surface area contributed by atoms with Gasteiger partial charge in [0.1, 0.15) is 0 Å². The highest BCUT2D eigenvalue weighted by molar-refractivity contribution is 6.01. The van der Waals surface area contributed by atoms with Crippen LogP contribution in [0.25, 0.3) is 32.7 Å². The SMILES string of the molecule is Cc1cccc(N(c2ccccc2)c2ccc(N(c3ccc(N(C4=CC(C)CC=C4)c4ccccc4)cc3)c3ccc(N(c4ccccc4)c4cccc(C)c4)cc3)cc2)c1.c1ccc(N(c2ccc(-c3ccc(N(c4ccccc4)c4cccc5ccccc45)cc3)cc2)c2cccc3ccccc23)cc1. The van der Waals surface area contributed by atoms with Gasteiger partial charge in [-0.3, -0.25) is 0 Å². The van der Waals surface area contributed by atoms with Gasteiger partial charge in [-0.15, -0.1) is 0 Å². The molecule has 0 amide bonds. The summed E-state index contributed by atoms with van der Waals surface area (Å²) in [5.41, 5.74) is 24.9. The van der Waals surface area contributed by atoms with Gasteiger partial charge in [0, 0.05) is 102 Å². The Morgan fingerprint density at radius 2 is 0.477 bits per heavy atom. The van der Waals surface area contributed by atoms with Crippen LogP contribution in [0.2, 0.25) is 0 Å². The summed E-state index contributed by atoms with van der Waals surface area (Å²) in [6.07, 6.45) is 7.97. The molecule has 0 saturated carbocycles. The van der Waals surface area contributed by atoms with E-state index in [1.165, 1.54) is 49.5 Å². The molecular formula is C101H82N6. The van der Waals surface area contributed by atoms with Crippen molar-refractivity contribution in [2.24, 2.45) is 5.92 Å². The molecule has 16 aromatic rings. The molecule has 107 heavy (non-hydrogen) atoms. The van der Waals surface area contributed by atoms with E-state index in [-0.39, 0.29) is 0 Å². The number of allylic oxidation sites excluding steroid dienone is 3. The Morgan fingerprint density at radius 1 is 0.224 bits per heavy atom. The average Bonchev–Trinajstić information content (AvgIpc) is 0.786. The summed E-state index contributed by atoms with van der Waals surface area (Å²) in [5, 5.41) is 4.90. The highest BCUT2D eigenvalue weighted by Crippen LogP contribution is 2.46. The third-order valence-corrected chi connectivity index (χ3v) is 19.8. The lowest BCUT2D eigenvalue weighted by molar-refractivity contribution is 0.726. The van der Waals surface area contributed by atoms with Crippen LogP contribution < -0.4 is 29.4 Å². The molecule has 0 N–H and O–H groups in total. The topological polar surface area (TPSA) is 19.4 Å². The highest BCUT2D eigenvalue weighted by atomic mass is 15.2. The molecule has 1 aliphatic carbocycles. The monoisotopic (exact) mass is 1380 g/mol. The summed E-state index contributed by atoms with van der Waals surface area (Å²) in [4.78, 5) is 14.0. The zero-order chi connectivity index (χ0) is 72.3. The average molecular weight is 1380 g/mol. The van der Waals surface area contributed by atoms with E-state index in [4.69, 9.17) is 0 Å². The third kappa shape index (κ3) is 15.0. The van der Waals surface area contributed by atoms with Crippen LogP contribution >= 0.6 is 0 Å². The number of anilines is 17. The molecule has 0 aliphatic heterocycles. The van der Waals surface area contributed by atoms with Gasteiger partial charge < -0.3 is 29.4 Å². The molecule has 17 rings (SSSR count). The minimum Gasteiger partial charge on any atom is -0.311 e. The Balaban J connectivity index is 0.000000170. The van der Waals surface area contributed by atoms with Crippen molar-refractivity contribution in [1.82, 2.24) is 0 Å². The number of rotatable bonds is 19. The van der Waals surface area contributed by atoms with Crippen molar-refractivity contribution >= 4 is 118 Å². The van der Waals surface area contributed by atoms with Crippen LogP contribution in [0.15, 0.2) is 430 Å². The predicted octanol–water partition coefficient (Wildman–Crippen LogP) is 28.9. The fourth-order valence-corrected chi connectivity index (χ4v) is 14.7. The fourth-order valence-electron chi connectivity index (χ4n) is 14.7. The standard InChI is InChI=1S/C57H50N4.C44H32N2/c1-43-16-13-25-55(40-43)59(46-19-7-4-8-20-46)52-34-28-49(29-35-52)58(50-30-36-53(37-31-50)60(47-21-9-5-10-22-47)56-26-14-17-44(2)41-56)51-32-38-54(39-33-51)61(48-23-11-6-12-24-48)57-27-15-18-45(3)42-57;1-3-17-37(18-4-1)45(43-23-11-15-35-13-7-9-21-41(35)43)39-29-25-33(26-30-39)34-27-31-40(32-28-34)46(38-19-5-2-6-20-38)44-24-12-16-36-14-8-10-22-42(36)44/h4-17,19-42,45H,18H2,1-3H3;1-32H. The Hall–Kier alpha value is -13.7. The molecule has 0 fully saturated rings. The third-order valence-electron chi connectivity index (χ3n) is 19.8. The molecule has 0 radical (unpaired) electrons.